The SMILES string of the molecule is CCCCCCC(OC(=O)C1CCCCC1C(=O)OC(CCCCCC)C(C)(C)C)C(C)(C)C. The summed E-state index contributed by atoms with van der Waals surface area (Å²) >= 11 is 0. The second-order valence-electron chi connectivity index (χ2n) is 12.8. The molecule has 0 aromatic heterocycles. The van der Waals surface area contributed by atoms with Gasteiger partial charge in [0.05, 0.1) is 11.8 Å². The predicted octanol–water partition coefficient (Wildman–Crippen LogP) is 8.65. The van der Waals surface area contributed by atoms with Gasteiger partial charge in [-0.1, -0.05) is 107 Å². The Morgan fingerprint density at radius 2 is 1.00 bits per heavy atom. The van der Waals surface area contributed by atoms with Crippen LogP contribution in [0.4, 0.5) is 0 Å². The molecular weight excluding hydrogens is 424 g/mol. The molecule has 0 N–H and O–H groups in total. The van der Waals surface area contributed by atoms with Crippen molar-refractivity contribution in [1.29, 1.82) is 0 Å². The van der Waals surface area contributed by atoms with E-state index in [1.807, 2.05) is 0 Å². The molecule has 0 aromatic rings. The van der Waals surface area contributed by atoms with Crippen LogP contribution in [0.1, 0.15) is 145 Å². The van der Waals surface area contributed by atoms with Gasteiger partial charge in [-0.25, -0.2) is 0 Å². The van der Waals surface area contributed by atoms with Gasteiger partial charge >= 0.3 is 11.9 Å². The Balaban J connectivity index is 2.84. The molecule has 4 nitrogen and oxygen atoms in total. The zero-order chi connectivity index (χ0) is 25.8. The van der Waals surface area contributed by atoms with E-state index in [0.717, 1.165) is 51.4 Å². The summed E-state index contributed by atoms with van der Waals surface area (Å²) < 4.78 is 12.3. The molecule has 1 aliphatic carbocycles. The first-order chi connectivity index (χ1) is 15.9. The number of hydrogen-bond acceptors (Lipinski definition) is 4. The summed E-state index contributed by atoms with van der Waals surface area (Å²) in [6, 6.07) is 0. The lowest BCUT2D eigenvalue weighted by atomic mass is 9.78. The Morgan fingerprint density at radius 1 is 0.647 bits per heavy atom. The maximum Gasteiger partial charge on any atom is 0.310 e. The van der Waals surface area contributed by atoms with E-state index in [4.69, 9.17) is 9.47 Å². The van der Waals surface area contributed by atoms with Gasteiger partial charge in [0.2, 0.25) is 0 Å². The highest BCUT2D eigenvalue weighted by Gasteiger charge is 2.41. The van der Waals surface area contributed by atoms with Crippen molar-refractivity contribution in [2.45, 2.75) is 157 Å². The van der Waals surface area contributed by atoms with E-state index in [2.05, 4.69) is 55.4 Å². The lowest BCUT2D eigenvalue weighted by Crippen LogP contribution is -2.41. The molecule has 4 unspecified atom stereocenters. The first kappa shape index (κ1) is 31.0. The molecule has 4 heteroatoms. The number of hydrogen-bond donors (Lipinski definition) is 0. The van der Waals surface area contributed by atoms with Crippen LogP contribution in [0.25, 0.3) is 0 Å². The quantitative estimate of drug-likeness (QED) is 0.184. The fourth-order valence-electron chi connectivity index (χ4n) is 5.00. The van der Waals surface area contributed by atoms with Crippen molar-refractivity contribution in [2.75, 3.05) is 0 Å². The molecule has 0 heterocycles. The normalized spacial score (nSPS) is 21.1. The standard InChI is InChI=1S/C30H56O4/c1-9-11-13-15-21-25(29(3,4)5)33-27(31)23-19-17-18-20-24(23)28(32)34-26(30(6,7)8)22-16-14-12-10-2/h23-26H,9-22H2,1-8H3. The van der Waals surface area contributed by atoms with E-state index in [9.17, 15) is 9.59 Å². The van der Waals surface area contributed by atoms with Gasteiger partial charge in [-0.3, -0.25) is 9.59 Å². The van der Waals surface area contributed by atoms with Crippen LogP contribution in [-0.4, -0.2) is 24.1 Å². The fourth-order valence-corrected chi connectivity index (χ4v) is 5.00. The lowest BCUT2D eigenvalue weighted by Gasteiger charge is -2.36. The molecule has 1 rings (SSSR count). The second kappa shape index (κ2) is 15.1. The van der Waals surface area contributed by atoms with Crippen LogP contribution >= 0.6 is 0 Å². The zero-order valence-corrected chi connectivity index (χ0v) is 23.8. The molecular formula is C30H56O4. The molecule has 200 valence electrons. The van der Waals surface area contributed by atoms with Crippen LogP contribution < -0.4 is 0 Å². The maximum absolute atomic E-state index is 13.4. The van der Waals surface area contributed by atoms with Crippen LogP contribution in [0.5, 0.6) is 0 Å². The number of rotatable bonds is 14. The molecule has 0 aliphatic heterocycles. The van der Waals surface area contributed by atoms with E-state index >= 15 is 0 Å². The smallest absolute Gasteiger partial charge is 0.310 e. The Bertz CT molecular complexity index is 532. The van der Waals surface area contributed by atoms with E-state index < -0.39 is 0 Å². The molecule has 4 atom stereocenters. The third kappa shape index (κ3) is 11.1. The van der Waals surface area contributed by atoms with Gasteiger partial charge in [-0.2, -0.15) is 0 Å². The summed E-state index contributed by atoms with van der Waals surface area (Å²) in [4.78, 5) is 26.7. The maximum atomic E-state index is 13.4. The highest BCUT2D eigenvalue weighted by molar-refractivity contribution is 5.82. The number of unbranched alkanes of at least 4 members (excludes halogenated alkanes) is 6. The number of esters is 2. The van der Waals surface area contributed by atoms with Crippen molar-refractivity contribution in [1.82, 2.24) is 0 Å². The Morgan fingerprint density at radius 3 is 1.29 bits per heavy atom. The van der Waals surface area contributed by atoms with Crippen LogP contribution in [0.15, 0.2) is 0 Å². The second-order valence-corrected chi connectivity index (χ2v) is 12.8. The minimum absolute atomic E-state index is 0.109. The third-order valence-corrected chi connectivity index (χ3v) is 7.46. The van der Waals surface area contributed by atoms with Gasteiger partial charge in [0.1, 0.15) is 12.2 Å². The summed E-state index contributed by atoms with van der Waals surface area (Å²) in [6.07, 6.45) is 14.3. The molecule has 1 aliphatic rings. The predicted molar refractivity (Wildman–Crippen MR) is 142 cm³/mol. The topological polar surface area (TPSA) is 52.6 Å². The van der Waals surface area contributed by atoms with Gasteiger partial charge in [0.25, 0.3) is 0 Å². The summed E-state index contributed by atoms with van der Waals surface area (Å²) in [5.74, 6) is -1.12. The molecule has 0 aromatic carbocycles. The molecule has 1 fully saturated rings. The summed E-state index contributed by atoms with van der Waals surface area (Å²) in [5.41, 5.74) is -0.218. The first-order valence-corrected chi connectivity index (χ1v) is 14.3. The molecule has 1 saturated carbocycles. The van der Waals surface area contributed by atoms with E-state index in [1.165, 1.54) is 38.5 Å². The highest BCUT2D eigenvalue weighted by Crippen LogP contribution is 2.36. The van der Waals surface area contributed by atoms with Gasteiger partial charge in [-0.05, 0) is 49.4 Å². The average molecular weight is 481 g/mol. The van der Waals surface area contributed by atoms with Crippen LogP contribution in [0.3, 0.4) is 0 Å². The summed E-state index contributed by atoms with van der Waals surface area (Å²) in [7, 11) is 0. The number of carbonyl (C=O) groups is 2. The molecule has 0 amide bonds. The number of carbonyl (C=O) groups excluding carboxylic acids is 2. The van der Waals surface area contributed by atoms with Gasteiger partial charge in [0, 0.05) is 0 Å². The van der Waals surface area contributed by atoms with Crippen molar-refractivity contribution < 1.29 is 19.1 Å². The molecule has 0 radical (unpaired) electrons. The van der Waals surface area contributed by atoms with Crippen molar-refractivity contribution in [2.24, 2.45) is 22.7 Å². The van der Waals surface area contributed by atoms with E-state index in [-0.39, 0.29) is 46.8 Å². The Hall–Kier alpha value is -1.06. The molecule has 34 heavy (non-hydrogen) atoms. The van der Waals surface area contributed by atoms with Crippen molar-refractivity contribution in [3.63, 3.8) is 0 Å². The summed E-state index contributed by atoms with van der Waals surface area (Å²) in [6.45, 7) is 17.3. The minimum Gasteiger partial charge on any atom is -0.462 e. The van der Waals surface area contributed by atoms with Gasteiger partial charge < -0.3 is 9.47 Å². The van der Waals surface area contributed by atoms with Crippen LogP contribution in [0.2, 0.25) is 0 Å². The monoisotopic (exact) mass is 480 g/mol. The Labute approximate surface area is 211 Å². The third-order valence-electron chi connectivity index (χ3n) is 7.46. The van der Waals surface area contributed by atoms with Gasteiger partial charge in [0.15, 0.2) is 0 Å². The summed E-state index contributed by atoms with van der Waals surface area (Å²) in [5, 5.41) is 0. The first-order valence-electron chi connectivity index (χ1n) is 14.3. The molecule has 0 saturated heterocycles. The minimum atomic E-state index is -0.373. The largest absolute Gasteiger partial charge is 0.462 e. The number of ether oxygens (including phenoxy) is 2. The Kier molecular flexibility index (Phi) is 13.8. The van der Waals surface area contributed by atoms with Crippen molar-refractivity contribution >= 4 is 11.9 Å². The van der Waals surface area contributed by atoms with Crippen LogP contribution in [-0.2, 0) is 19.1 Å². The van der Waals surface area contributed by atoms with E-state index in [1.54, 1.807) is 0 Å². The van der Waals surface area contributed by atoms with Gasteiger partial charge in [-0.15, -0.1) is 0 Å². The fraction of sp³-hybridized carbons (Fsp3) is 0.933. The molecule has 0 spiro atoms. The van der Waals surface area contributed by atoms with Crippen LogP contribution in [0, 0.1) is 22.7 Å². The highest BCUT2D eigenvalue weighted by atomic mass is 16.6. The zero-order valence-electron chi connectivity index (χ0n) is 23.8. The molecule has 0 bridgehead atoms. The van der Waals surface area contributed by atoms with E-state index in [0.29, 0.717) is 0 Å². The average Bonchev–Trinajstić information content (AvgIpc) is 2.76. The lowest BCUT2D eigenvalue weighted by molar-refractivity contribution is -0.175. The van der Waals surface area contributed by atoms with Crippen molar-refractivity contribution in [3.8, 4) is 0 Å². The van der Waals surface area contributed by atoms with Crippen molar-refractivity contribution in [3.05, 3.63) is 0 Å².